The van der Waals surface area contributed by atoms with E-state index in [-0.39, 0.29) is 22.1 Å². The highest BCUT2D eigenvalue weighted by Gasteiger charge is 2.31. The lowest BCUT2D eigenvalue weighted by atomic mass is 9.94. The number of aliphatic hydroxyl groups is 1. The van der Waals surface area contributed by atoms with Gasteiger partial charge in [-0.15, -0.1) is 13.2 Å². The summed E-state index contributed by atoms with van der Waals surface area (Å²) in [4.78, 5) is -0.248. The van der Waals surface area contributed by atoms with E-state index >= 15 is 0 Å². The maximum absolute atomic E-state index is 14.5. The summed E-state index contributed by atoms with van der Waals surface area (Å²) in [5, 5.41) is 9.50. The van der Waals surface area contributed by atoms with Crippen LogP contribution >= 0.6 is 0 Å². The third kappa shape index (κ3) is 5.68. The SMILES string of the molecule is O=S(=O)(NC1CCC(O)CC1)c1ccc(-c2ccc(OC(F)(F)F)cc2)c(F)c1. The van der Waals surface area contributed by atoms with Crippen molar-refractivity contribution in [2.45, 2.75) is 49.1 Å². The van der Waals surface area contributed by atoms with Crippen LogP contribution in [0, 0.1) is 5.82 Å². The van der Waals surface area contributed by atoms with Crippen molar-refractivity contribution in [3.8, 4) is 16.9 Å². The summed E-state index contributed by atoms with van der Waals surface area (Å²) in [5.74, 6) is -1.26. The zero-order valence-corrected chi connectivity index (χ0v) is 15.9. The van der Waals surface area contributed by atoms with Crippen molar-refractivity contribution in [2.24, 2.45) is 0 Å². The summed E-state index contributed by atoms with van der Waals surface area (Å²) >= 11 is 0. The van der Waals surface area contributed by atoms with Gasteiger partial charge >= 0.3 is 6.36 Å². The standard InChI is InChI=1S/C19H19F4NO4S/c20-18-11-16(29(26,27)24-13-3-5-14(25)6-4-13)9-10-17(18)12-1-7-15(8-2-12)28-19(21,22)23/h1-2,7-11,13-14,24-25H,3-6H2. The Morgan fingerprint density at radius 1 is 1.00 bits per heavy atom. The van der Waals surface area contributed by atoms with Crippen molar-refractivity contribution in [2.75, 3.05) is 0 Å². The van der Waals surface area contributed by atoms with Crippen molar-refractivity contribution in [1.82, 2.24) is 4.72 Å². The van der Waals surface area contributed by atoms with E-state index in [0.29, 0.717) is 25.7 Å². The zero-order chi connectivity index (χ0) is 21.2. The molecule has 0 amide bonds. The molecule has 29 heavy (non-hydrogen) atoms. The van der Waals surface area contributed by atoms with Gasteiger partial charge in [-0.3, -0.25) is 0 Å². The van der Waals surface area contributed by atoms with Crippen LogP contribution in [0.1, 0.15) is 25.7 Å². The molecule has 0 unspecified atom stereocenters. The van der Waals surface area contributed by atoms with Crippen molar-refractivity contribution in [3.05, 3.63) is 48.3 Å². The van der Waals surface area contributed by atoms with E-state index in [4.69, 9.17) is 0 Å². The van der Waals surface area contributed by atoms with E-state index < -0.39 is 34.1 Å². The molecule has 3 rings (SSSR count). The third-order valence-corrected chi connectivity index (χ3v) is 6.19. The summed E-state index contributed by atoms with van der Waals surface area (Å²) in [6, 6.07) is 7.63. The van der Waals surface area contributed by atoms with E-state index in [1.54, 1.807) is 0 Å². The van der Waals surface area contributed by atoms with Gasteiger partial charge in [0.2, 0.25) is 10.0 Å². The molecule has 1 aliphatic rings. The van der Waals surface area contributed by atoms with Gasteiger partial charge < -0.3 is 9.84 Å². The van der Waals surface area contributed by atoms with Crippen molar-refractivity contribution < 1.29 is 35.8 Å². The molecule has 0 radical (unpaired) electrons. The molecule has 2 aromatic carbocycles. The Balaban J connectivity index is 1.76. The summed E-state index contributed by atoms with van der Waals surface area (Å²) in [6.45, 7) is 0. The van der Waals surface area contributed by atoms with Crippen LogP contribution in [0.5, 0.6) is 5.75 Å². The number of ether oxygens (including phenoxy) is 1. The first-order valence-electron chi connectivity index (χ1n) is 8.90. The number of halogens is 4. The maximum atomic E-state index is 14.5. The minimum Gasteiger partial charge on any atom is -0.406 e. The Morgan fingerprint density at radius 2 is 1.62 bits per heavy atom. The number of hydrogen-bond donors (Lipinski definition) is 2. The molecule has 1 aliphatic carbocycles. The highest BCUT2D eigenvalue weighted by atomic mass is 32.2. The minimum atomic E-state index is -4.83. The summed E-state index contributed by atoms with van der Waals surface area (Å²) in [7, 11) is -3.94. The van der Waals surface area contributed by atoms with Gasteiger partial charge in [-0.25, -0.2) is 17.5 Å². The molecule has 0 bridgehead atoms. The minimum absolute atomic E-state index is 0.0447. The highest BCUT2D eigenvalue weighted by Crippen LogP contribution is 2.29. The Labute approximate surface area is 165 Å². The Kier molecular flexibility index (Phi) is 6.16. The molecule has 0 saturated heterocycles. The molecule has 0 atom stereocenters. The summed E-state index contributed by atoms with van der Waals surface area (Å²) in [6.07, 6.45) is -3.28. The molecule has 0 aromatic heterocycles. The van der Waals surface area contributed by atoms with Gasteiger partial charge in [0.25, 0.3) is 0 Å². The fraction of sp³-hybridized carbons (Fsp3) is 0.368. The lowest BCUT2D eigenvalue weighted by Crippen LogP contribution is -2.38. The normalized spacial score (nSPS) is 20.4. The first-order chi connectivity index (χ1) is 13.5. The topological polar surface area (TPSA) is 75.6 Å². The second-order valence-corrected chi connectivity index (χ2v) is 8.55. The molecule has 1 fully saturated rings. The van der Waals surface area contributed by atoms with E-state index in [9.17, 15) is 31.1 Å². The summed E-state index contributed by atoms with van der Waals surface area (Å²) in [5.41, 5.74) is 0.318. The Hall–Kier alpha value is -2.17. The van der Waals surface area contributed by atoms with E-state index in [0.717, 1.165) is 18.2 Å². The number of hydrogen-bond acceptors (Lipinski definition) is 4. The fourth-order valence-electron chi connectivity index (χ4n) is 3.21. The van der Waals surface area contributed by atoms with E-state index in [1.807, 2.05) is 0 Å². The van der Waals surface area contributed by atoms with Gasteiger partial charge in [-0.2, -0.15) is 0 Å². The van der Waals surface area contributed by atoms with Crippen LogP contribution in [0.15, 0.2) is 47.4 Å². The van der Waals surface area contributed by atoms with Crippen LogP contribution < -0.4 is 9.46 Å². The lowest BCUT2D eigenvalue weighted by molar-refractivity contribution is -0.274. The maximum Gasteiger partial charge on any atom is 0.573 e. The van der Waals surface area contributed by atoms with Crippen LogP contribution in [0.4, 0.5) is 17.6 Å². The molecular formula is C19H19F4NO4S. The van der Waals surface area contributed by atoms with Crippen molar-refractivity contribution in [3.63, 3.8) is 0 Å². The van der Waals surface area contributed by atoms with Gasteiger partial charge in [0, 0.05) is 11.6 Å². The Bertz CT molecular complexity index is 953. The Morgan fingerprint density at radius 3 is 2.17 bits per heavy atom. The van der Waals surface area contributed by atoms with Gasteiger partial charge in [0.15, 0.2) is 0 Å². The van der Waals surface area contributed by atoms with Crippen LogP contribution in [-0.4, -0.2) is 32.0 Å². The second-order valence-electron chi connectivity index (χ2n) is 6.84. The van der Waals surface area contributed by atoms with Crippen LogP contribution in [0.3, 0.4) is 0 Å². The number of benzene rings is 2. The van der Waals surface area contributed by atoms with E-state index in [2.05, 4.69) is 9.46 Å². The quantitative estimate of drug-likeness (QED) is 0.700. The smallest absolute Gasteiger partial charge is 0.406 e. The second kappa shape index (κ2) is 8.29. The highest BCUT2D eigenvalue weighted by molar-refractivity contribution is 7.89. The van der Waals surface area contributed by atoms with Crippen LogP contribution in [0.25, 0.3) is 11.1 Å². The zero-order valence-electron chi connectivity index (χ0n) is 15.1. The lowest BCUT2D eigenvalue weighted by Gasteiger charge is -2.26. The molecule has 0 spiro atoms. The number of rotatable bonds is 5. The third-order valence-electron chi connectivity index (χ3n) is 4.67. The molecule has 1 saturated carbocycles. The molecule has 5 nitrogen and oxygen atoms in total. The summed E-state index contributed by atoms with van der Waals surface area (Å²) < 4.78 is 82.5. The number of aliphatic hydroxyl groups excluding tert-OH is 1. The first kappa shape index (κ1) is 21.5. The molecule has 0 aliphatic heterocycles. The number of sulfonamides is 1. The molecule has 158 valence electrons. The van der Waals surface area contributed by atoms with Gasteiger partial charge in [-0.05, 0) is 55.5 Å². The molecule has 0 heterocycles. The predicted molar refractivity (Wildman–Crippen MR) is 97.1 cm³/mol. The molecule has 10 heteroatoms. The van der Waals surface area contributed by atoms with Crippen LogP contribution in [-0.2, 0) is 10.0 Å². The number of alkyl halides is 3. The predicted octanol–water partition coefficient (Wildman–Crippen LogP) is 3.97. The van der Waals surface area contributed by atoms with Crippen molar-refractivity contribution in [1.29, 1.82) is 0 Å². The van der Waals surface area contributed by atoms with Gasteiger partial charge in [0.05, 0.1) is 11.0 Å². The van der Waals surface area contributed by atoms with Gasteiger partial charge in [0.1, 0.15) is 11.6 Å². The van der Waals surface area contributed by atoms with Crippen LogP contribution in [0.2, 0.25) is 0 Å². The fourth-order valence-corrected chi connectivity index (χ4v) is 4.53. The van der Waals surface area contributed by atoms with Gasteiger partial charge in [-0.1, -0.05) is 18.2 Å². The average Bonchev–Trinajstić information content (AvgIpc) is 2.63. The molecular weight excluding hydrogens is 414 g/mol. The average molecular weight is 433 g/mol. The largest absolute Gasteiger partial charge is 0.573 e. The first-order valence-corrected chi connectivity index (χ1v) is 10.4. The van der Waals surface area contributed by atoms with E-state index in [1.165, 1.54) is 24.3 Å². The van der Waals surface area contributed by atoms with Crippen molar-refractivity contribution >= 4 is 10.0 Å². The number of nitrogens with one attached hydrogen (secondary N) is 1. The monoisotopic (exact) mass is 433 g/mol. The molecule has 2 aromatic rings. The molecule has 2 N–H and O–H groups in total.